The molecule has 3 atom stereocenters. The molecule has 0 aromatic heterocycles. The molecule has 0 aliphatic heterocycles. The maximum absolute atomic E-state index is 12.8. The van der Waals surface area contributed by atoms with Crippen molar-refractivity contribution in [2.24, 2.45) is 5.11 Å². The van der Waals surface area contributed by atoms with Crippen molar-refractivity contribution in [3.63, 3.8) is 0 Å². The Balaban J connectivity index is 2.62. The van der Waals surface area contributed by atoms with Gasteiger partial charge >= 0.3 is 0 Å². The van der Waals surface area contributed by atoms with Gasteiger partial charge in [-0.2, -0.15) is 0 Å². The number of phosphoric ester groups is 1. The van der Waals surface area contributed by atoms with E-state index in [4.69, 9.17) is 14.6 Å². The fourth-order valence-electron chi connectivity index (χ4n) is 4.53. The topological polar surface area (TPSA) is 157 Å². The number of halogens is 1. The number of likely N-dealkylation sites (N-methyl/N-ethyl adjacent to an activating group) is 1. The second-order valence-electron chi connectivity index (χ2n) is 12.5. The number of hydrogen-bond acceptors (Lipinski definition) is 7. The summed E-state index contributed by atoms with van der Waals surface area (Å²) in [6.45, 7) is 2.20. The molecule has 13 heteroatoms. The number of carbonyl (C=O) groups is 1. The molecule has 1 aromatic carbocycles. The average molecular weight is 764 g/mol. The van der Waals surface area contributed by atoms with Crippen molar-refractivity contribution in [1.82, 2.24) is 5.32 Å². The van der Waals surface area contributed by atoms with Crippen molar-refractivity contribution in [3.8, 4) is 0 Å². The number of unbranched alkanes of at least 4 members (excludes halogenated alkanes) is 11. The number of benzene rings is 1. The lowest BCUT2D eigenvalue weighted by atomic mass is 10.0. The van der Waals surface area contributed by atoms with Gasteiger partial charge in [0.05, 0.1) is 45.6 Å². The molecule has 1 amide bonds. The van der Waals surface area contributed by atoms with Gasteiger partial charge in [0.15, 0.2) is 0 Å². The maximum atomic E-state index is 12.8. The Morgan fingerprint density at radius 3 is 2.31 bits per heavy atom. The molecule has 256 valence electrons. The van der Waals surface area contributed by atoms with E-state index in [2.05, 4.69) is 44.9 Å². The second-order valence-corrected chi connectivity index (χ2v) is 15.1. The van der Waals surface area contributed by atoms with Gasteiger partial charge in [0.25, 0.3) is 7.82 Å². The average Bonchev–Trinajstić information content (AvgIpc) is 2.97. The Morgan fingerprint density at radius 1 is 1.11 bits per heavy atom. The van der Waals surface area contributed by atoms with Crippen LogP contribution < -0.4 is 10.2 Å². The first kappa shape index (κ1) is 41.5. The number of rotatable bonds is 26. The fourth-order valence-corrected chi connectivity index (χ4v) is 5.94. The van der Waals surface area contributed by atoms with E-state index in [9.17, 15) is 19.4 Å². The van der Waals surface area contributed by atoms with Crippen molar-refractivity contribution in [2.45, 2.75) is 109 Å². The number of azide groups is 1. The number of aryl methyl sites for hydroxylation is 1. The molecule has 0 heterocycles. The standard InChI is InChI=1S/C32H55IN5O6P/c1-5-6-7-8-9-10-11-12-13-14-15-16-17-18-31(39)30(26-44-45(41,42)43-24-23-38(2,3)4)35-32(40)22-20-27-19-21-29(36-37-34)28(33)25-27/h17-19,21,25,30-31,39H,5-16,20,22-24,26H2,1-4H3,(H-,35,40,41,42)/b18-17+/t30-,31+/m0/s1. The number of hydrogen-bond donors (Lipinski definition) is 2. The van der Waals surface area contributed by atoms with Crippen LogP contribution in [0.2, 0.25) is 0 Å². The van der Waals surface area contributed by atoms with Crippen LogP contribution in [0, 0.1) is 3.57 Å². The van der Waals surface area contributed by atoms with Crippen LogP contribution in [0.15, 0.2) is 35.5 Å². The van der Waals surface area contributed by atoms with E-state index >= 15 is 0 Å². The van der Waals surface area contributed by atoms with Crippen molar-refractivity contribution < 1.29 is 32.9 Å². The summed E-state index contributed by atoms with van der Waals surface area (Å²) < 4.78 is 23.7. The molecule has 1 rings (SSSR count). The summed E-state index contributed by atoms with van der Waals surface area (Å²) in [5.74, 6) is -0.359. The summed E-state index contributed by atoms with van der Waals surface area (Å²) in [5, 5.41) is 17.2. The van der Waals surface area contributed by atoms with Crippen LogP contribution in [0.4, 0.5) is 5.69 Å². The van der Waals surface area contributed by atoms with Crippen LogP contribution in [0.25, 0.3) is 10.4 Å². The van der Waals surface area contributed by atoms with Gasteiger partial charge in [0.2, 0.25) is 5.91 Å². The van der Waals surface area contributed by atoms with Gasteiger partial charge in [-0.15, -0.1) is 0 Å². The van der Waals surface area contributed by atoms with Gasteiger partial charge in [0.1, 0.15) is 13.2 Å². The number of nitrogens with one attached hydrogen (secondary N) is 1. The number of nitrogens with zero attached hydrogens (tertiary/aromatic N) is 4. The van der Waals surface area contributed by atoms with Crippen molar-refractivity contribution in [1.29, 1.82) is 0 Å². The first-order valence-corrected chi connectivity index (χ1v) is 18.8. The molecule has 0 saturated heterocycles. The molecular weight excluding hydrogens is 708 g/mol. The van der Waals surface area contributed by atoms with Gasteiger partial charge < -0.3 is 28.8 Å². The Labute approximate surface area is 284 Å². The first-order chi connectivity index (χ1) is 21.4. The number of quaternary nitrogens is 1. The Bertz CT molecular complexity index is 1110. The molecular formula is C32H55IN5O6P. The summed E-state index contributed by atoms with van der Waals surface area (Å²) in [7, 11) is 1.11. The third-order valence-electron chi connectivity index (χ3n) is 7.30. The van der Waals surface area contributed by atoms with Crippen molar-refractivity contribution in [2.75, 3.05) is 40.9 Å². The first-order valence-electron chi connectivity index (χ1n) is 16.2. The lowest BCUT2D eigenvalue weighted by molar-refractivity contribution is -0.870. The molecule has 0 spiro atoms. The fraction of sp³-hybridized carbons (Fsp3) is 0.719. The van der Waals surface area contributed by atoms with E-state index in [1.165, 1.54) is 57.8 Å². The number of carbonyl (C=O) groups excluding carboxylic acids is 1. The van der Waals surface area contributed by atoms with Crippen LogP contribution >= 0.6 is 30.4 Å². The zero-order chi connectivity index (χ0) is 33.6. The molecule has 2 N–H and O–H groups in total. The van der Waals surface area contributed by atoms with Crippen molar-refractivity contribution in [3.05, 3.63) is 49.9 Å². The third-order valence-corrected chi connectivity index (χ3v) is 9.12. The van der Waals surface area contributed by atoms with Gasteiger partial charge in [0, 0.05) is 14.9 Å². The third kappa shape index (κ3) is 21.8. The van der Waals surface area contributed by atoms with Crippen molar-refractivity contribution >= 4 is 42.0 Å². The Kier molecular flexibility index (Phi) is 21.9. The lowest BCUT2D eigenvalue weighted by Crippen LogP contribution is -2.46. The zero-order valence-corrected chi connectivity index (χ0v) is 30.7. The molecule has 1 aromatic rings. The van der Waals surface area contributed by atoms with E-state index in [1.807, 2.05) is 33.3 Å². The Morgan fingerprint density at radius 2 is 1.73 bits per heavy atom. The molecule has 0 bridgehead atoms. The normalized spacial score (nSPS) is 14.6. The van der Waals surface area contributed by atoms with E-state index in [1.54, 1.807) is 18.2 Å². The van der Waals surface area contributed by atoms with Crippen LogP contribution in [-0.2, 0) is 24.8 Å². The summed E-state index contributed by atoms with van der Waals surface area (Å²) in [6, 6.07) is 4.34. The number of amides is 1. The van der Waals surface area contributed by atoms with Gasteiger partial charge in [-0.05, 0) is 59.0 Å². The van der Waals surface area contributed by atoms with Gasteiger partial charge in [-0.3, -0.25) is 9.36 Å². The molecule has 0 aliphatic rings. The highest BCUT2D eigenvalue weighted by Crippen LogP contribution is 2.38. The summed E-state index contributed by atoms with van der Waals surface area (Å²) in [5.41, 5.74) is 10.0. The van der Waals surface area contributed by atoms with Crippen LogP contribution in [0.5, 0.6) is 0 Å². The van der Waals surface area contributed by atoms with E-state index in [0.717, 1.165) is 28.4 Å². The minimum absolute atomic E-state index is 0.0417. The smallest absolute Gasteiger partial charge is 0.268 e. The second kappa shape index (κ2) is 23.8. The number of aliphatic hydroxyl groups excluding tert-OH is 1. The number of aliphatic hydroxyl groups is 1. The molecule has 0 aliphatic carbocycles. The van der Waals surface area contributed by atoms with Gasteiger partial charge in [-0.1, -0.05) is 101 Å². The molecule has 0 radical (unpaired) electrons. The predicted molar refractivity (Wildman–Crippen MR) is 187 cm³/mol. The van der Waals surface area contributed by atoms with Crippen LogP contribution in [0.1, 0.15) is 96.0 Å². The molecule has 0 fully saturated rings. The minimum Gasteiger partial charge on any atom is -0.756 e. The maximum Gasteiger partial charge on any atom is 0.268 e. The lowest BCUT2D eigenvalue weighted by Gasteiger charge is -2.29. The number of phosphoric acid groups is 1. The highest BCUT2D eigenvalue weighted by Gasteiger charge is 2.23. The van der Waals surface area contributed by atoms with E-state index in [0.29, 0.717) is 23.1 Å². The molecule has 11 nitrogen and oxygen atoms in total. The molecule has 1 unspecified atom stereocenters. The van der Waals surface area contributed by atoms with Crippen LogP contribution in [-0.4, -0.2) is 68.5 Å². The SMILES string of the molecule is CCCCCCCCCCCCC/C=C/[C@@H](O)[C@H](COP(=O)([O-])OCC[N+](C)(C)C)NC(=O)CCc1ccc(N=[N+]=[N-])c(I)c1. The van der Waals surface area contributed by atoms with Gasteiger partial charge in [-0.25, -0.2) is 0 Å². The quantitative estimate of drug-likeness (QED) is 0.0146. The number of allylic oxidation sites excluding steroid dienone is 1. The zero-order valence-electron chi connectivity index (χ0n) is 27.7. The minimum atomic E-state index is -4.64. The molecule has 45 heavy (non-hydrogen) atoms. The predicted octanol–water partition coefficient (Wildman–Crippen LogP) is 7.48. The summed E-state index contributed by atoms with van der Waals surface area (Å²) in [4.78, 5) is 28.0. The molecule has 0 saturated carbocycles. The monoisotopic (exact) mass is 763 g/mol. The highest BCUT2D eigenvalue weighted by atomic mass is 127. The highest BCUT2D eigenvalue weighted by molar-refractivity contribution is 14.1. The summed E-state index contributed by atoms with van der Waals surface area (Å²) >= 11 is 2.07. The largest absolute Gasteiger partial charge is 0.756 e. The summed E-state index contributed by atoms with van der Waals surface area (Å²) in [6.07, 6.45) is 17.4. The Hall–Kier alpha value is -1.50. The van der Waals surface area contributed by atoms with E-state index in [-0.39, 0.29) is 18.9 Å². The van der Waals surface area contributed by atoms with E-state index < -0.39 is 26.6 Å². The van der Waals surface area contributed by atoms with Crippen LogP contribution in [0.3, 0.4) is 0 Å².